The first-order valence-corrected chi connectivity index (χ1v) is 5.91. The fraction of sp³-hybridized carbons (Fsp3) is 0.500. The second-order valence-electron chi connectivity index (χ2n) is 3.84. The van der Waals surface area contributed by atoms with E-state index in [4.69, 9.17) is 4.74 Å². The lowest BCUT2D eigenvalue weighted by Crippen LogP contribution is -2.38. The van der Waals surface area contributed by atoms with Crippen molar-refractivity contribution in [1.82, 2.24) is 4.90 Å². The number of nitrogens with zero attached hydrogens (tertiary/aromatic N) is 1. The van der Waals surface area contributed by atoms with E-state index in [1.54, 1.807) is 0 Å². The molecule has 1 atom stereocenters. The summed E-state index contributed by atoms with van der Waals surface area (Å²) >= 11 is 4.65. The Hall–Kier alpha value is -0.510. The highest BCUT2D eigenvalue weighted by Crippen LogP contribution is 2.20. The van der Waals surface area contributed by atoms with Crippen LogP contribution in [-0.2, 0) is 4.74 Å². The molecule has 3 heteroatoms. The van der Waals surface area contributed by atoms with Gasteiger partial charge in [0.05, 0.1) is 13.2 Å². The van der Waals surface area contributed by atoms with E-state index in [1.807, 2.05) is 6.07 Å². The van der Waals surface area contributed by atoms with E-state index < -0.39 is 0 Å². The summed E-state index contributed by atoms with van der Waals surface area (Å²) in [7, 11) is 0. The molecule has 2 nitrogen and oxygen atoms in total. The first kappa shape index (κ1) is 11.0. The quantitative estimate of drug-likeness (QED) is 0.787. The third-order valence-corrected chi connectivity index (χ3v) is 3.18. The summed E-state index contributed by atoms with van der Waals surface area (Å²) in [6.07, 6.45) is 0. The molecule has 0 aromatic heterocycles. The molecule has 0 saturated carbocycles. The third kappa shape index (κ3) is 3.23. The van der Waals surface area contributed by atoms with Gasteiger partial charge in [-0.3, -0.25) is 4.90 Å². The molecule has 0 aliphatic carbocycles. The second-order valence-corrected chi connectivity index (χ2v) is 4.46. The van der Waals surface area contributed by atoms with E-state index in [1.165, 1.54) is 5.56 Å². The van der Waals surface area contributed by atoms with Crippen LogP contribution in [0.1, 0.15) is 10.8 Å². The molecule has 15 heavy (non-hydrogen) atoms. The molecular formula is C12H17NOS. The predicted octanol–water partition coefficient (Wildman–Crippen LogP) is 1.99. The lowest BCUT2D eigenvalue weighted by Gasteiger charge is -2.28. The molecule has 0 N–H and O–H groups in total. The fourth-order valence-electron chi connectivity index (χ4n) is 1.81. The molecule has 82 valence electrons. The van der Waals surface area contributed by atoms with Crippen LogP contribution in [0.15, 0.2) is 30.3 Å². The Kier molecular flexibility index (Phi) is 4.06. The average Bonchev–Trinajstić information content (AvgIpc) is 2.31. The average molecular weight is 223 g/mol. The molecule has 1 aliphatic rings. The van der Waals surface area contributed by atoms with Gasteiger partial charge in [-0.2, -0.15) is 12.6 Å². The Balaban J connectivity index is 1.88. The van der Waals surface area contributed by atoms with Crippen LogP contribution < -0.4 is 0 Å². The highest BCUT2D eigenvalue weighted by atomic mass is 32.1. The van der Waals surface area contributed by atoms with Gasteiger partial charge in [0.1, 0.15) is 0 Å². The van der Waals surface area contributed by atoms with Crippen LogP contribution in [0.5, 0.6) is 0 Å². The van der Waals surface area contributed by atoms with Crippen LogP contribution in [0, 0.1) is 0 Å². The van der Waals surface area contributed by atoms with Gasteiger partial charge in [0.25, 0.3) is 0 Å². The van der Waals surface area contributed by atoms with E-state index in [2.05, 4.69) is 41.8 Å². The Labute approximate surface area is 96.6 Å². The Morgan fingerprint density at radius 3 is 2.53 bits per heavy atom. The zero-order valence-electron chi connectivity index (χ0n) is 8.80. The number of thiol groups is 1. The maximum Gasteiger partial charge on any atom is 0.0594 e. The topological polar surface area (TPSA) is 12.5 Å². The van der Waals surface area contributed by atoms with Crippen molar-refractivity contribution in [2.45, 2.75) is 5.25 Å². The molecule has 0 radical (unpaired) electrons. The normalized spacial score (nSPS) is 20.1. The van der Waals surface area contributed by atoms with Crippen LogP contribution in [0.2, 0.25) is 0 Å². The molecule has 1 aliphatic heterocycles. The highest BCUT2D eigenvalue weighted by Gasteiger charge is 2.14. The summed E-state index contributed by atoms with van der Waals surface area (Å²) in [5.41, 5.74) is 1.30. The Morgan fingerprint density at radius 1 is 1.20 bits per heavy atom. The molecular weight excluding hydrogens is 206 g/mol. The maximum absolute atomic E-state index is 5.32. The molecule has 0 spiro atoms. The van der Waals surface area contributed by atoms with Crippen molar-refractivity contribution in [2.24, 2.45) is 0 Å². The van der Waals surface area contributed by atoms with E-state index in [-0.39, 0.29) is 0 Å². The summed E-state index contributed by atoms with van der Waals surface area (Å²) in [4.78, 5) is 2.41. The van der Waals surface area contributed by atoms with Crippen LogP contribution in [0.4, 0.5) is 0 Å². The summed E-state index contributed by atoms with van der Waals surface area (Å²) in [5, 5.41) is 0.310. The minimum absolute atomic E-state index is 0.310. The van der Waals surface area contributed by atoms with Crippen molar-refractivity contribution in [1.29, 1.82) is 0 Å². The smallest absolute Gasteiger partial charge is 0.0594 e. The molecule has 0 amide bonds. The monoisotopic (exact) mass is 223 g/mol. The van der Waals surface area contributed by atoms with Crippen LogP contribution in [0.25, 0.3) is 0 Å². The van der Waals surface area contributed by atoms with Gasteiger partial charge in [0.2, 0.25) is 0 Å². The molecule has 1 aromatic rings. The first-order valence-electron chi connectivity index (χ1n) is 5.39. The van der Waals surface area contributed by atoms with Crippen molar-refractivity contribution in [2.75, 3.05) is 32.8 Å². The van der Waals surface area contributed by atoms with Gasteiger partial charge in [-0.1, -0.05) is 30.3 Å². The summed E-state index contributed by atoms with van der Waals surface area (Å²) in [6, 6.07) is 10.4. The molecule has 0 bridgehead atoms. The van der Waals surface area contributed by atoms with Crippen molar-refractivity contribution in [3.8, 4) is 0 Å². The number of morpholine rings is 1. The van der Waals surface area contributed by atoms with E-state index >= 15 is 0 Å². The van der Waals surface area contributed by atoms with Crippen LogP contribution in [-0.4, -0.2) is 37.7 Å². The number of rotatable bonds is 3. The number of hydrogen-bond acceptors (Lipinski definition) is 3. The van der Waals surface area contributed by atoms with Crippen LogP contribution in [0.3, 0.4) is 0 Å². The molecule has 1 unspecified atom stereocenters. The lowest BCUT2D eigenvalue weighted by atomic mass is 10.1. The second kappa shape index (κ2) is 5.54. The maximum atomic E-state index is 5.32. The van der Waals surface area contributed by atoms with E-state index in [0.717, 1.165) is 32.8 Å². The molecule has 1 aromatic carbocycles. The van der Waals surface area contributed by atoms with Crippen molar-refractivity contribution < 1.29 is 4.74 Å². The third-order valence-electron chi connectivity index (χ3n) is 2.72. The van der Waals surface area contributed by atoms with Gasteiger partial charge >= 0.3 is 0 Å². The van der Waals surface area contributed by atoms with Crippen molar-refractivity contribution in [3.63, 3.8) is 0 Å². The predicted molar refractivity (Wildman–Crippen MR) is 65.4 cm³/mol. The zero-order valence-corrected chi connectivity index (χ0v) is 9.70. The number of hydrogen-bond donors (Lipinski definition) is 1. The fourth-order valence-corrected chi connectivity index (χ4v) is 2.21. The Bertz CT molecular complexity index is 285. The van der Waals surface area contributed by atoms with Gasteiger partial charge in [0, 0.05) is 24.9 Å². The first-order chi connectivity index (χ1) is 7.36. The molecule has 1 saturated heterocycles. The summed E-state index contributed by atoms with van der Waals surface area (Å²) in [5.74, 6) is 0. The lowest BCUT2D eigenvalue weighted by molar-refractivity contribution is 0.0382. The molecule has 2 rings (SSSR count). The van der Waals surface area contributed by atoms with E-state index in [0.29, 0.717) is 5.25 Å². The number of ether oxygens (including phenoxy) is 1. The minimum atomic E-state index is 0.310. The standard InChI is InChI=1S/C12H17NOS/c15-12(11-4-2-1-3-5-11)10-13-6-8-14-9-7-13/h1-5,12,15H,6-10H2. The number of benzene rings is 1. The summed E-state index contributed by atoms with van der Waals surface area (Å²) in [6.45, 7) is 4.79. The summed E-state index contributed by atoms with van der Waals surface area (Å²) < 4.78 is 5.32. The minimum Gasteiger partial charge on any atom is -0.379 e. The van der Waals surface area contributed by atoms with Gasteiger partial charge in [-0.05, 0) is 5.56 Å². The molecule has 1 heterocycles. The van der Waals surface area contributed by atoms with Gasteiger partial charge in [-0.25, -0.2) is 0 Å². The van der Waals surface area contributed by atoms with E-state index in [9.17, 15) is 0 Å². The van der Waals surface area contributed by atoms with Gasteiger partial charge in [0.15, 0.2) is 0 Å². The van der Waals surface area contributed by atoms with Gasteiger partial charge in [-0.15, -0.1) is 0 Å². The largest absolute Gasteiger partial charge is 0.379 e. The van der Waals surface area contributed by atoms with Crippen molar-refractivity contribution in [3.05, 3.63) is 35.9 Å². The zero-order chi connectivity index (χ0) is 10.5. The Morgan fingerprint density at radius 2 is 1.87 bits per heavy atom. The van der Waals surface area contributed by atoms with Gasteiger partial charge < -0.3 is 4.74 Å². The van der Waals surface area contributed by atoms with Crippen LogP contribution >= 0.6 is 12.6 Å². The molecule has 1 fully saturated rings. The SMILES string of the molecule is SC(CN1CCOCC1)c1ccccc1. The highest BCUT2D eigenvalue weighted by molar-refractivity contribution is 7.80. The van der Waals surface area contributed by atoms with Crippen molar-refractivity contribution >= 4 is 12.6 Å².